The minimum absolute atomic E-state index is 1.02. The molecule has 2 nitrogen and oxygen atoms in total. The normalized spacial score (nSPS) is 10.8. The molecule has 1 aromatic rings. The van der Waals surface area contributed by atoms with Crippen molar-refractivity contribution in [3.63, 3.8) is 0 Å². The van der Waals surface area contributed by atoms with Gasteiger partial charge in [-0.05, 0) is 44.6 Å². The third-order valence-corrected chi connectivity index (χ3v) is 2.98. The molecule has 0 atom stereocenters. The zero-order chi connectivity index (χ0) is 12.5. The van der Waals surface area contributed by atoms with E-state index in [2.05, 4.69) is 55.4 Å². The molecule has 0 aliphatic carbocycles. The number of hydrogen-bond acceptors (Lipinski definition) is 2. The molecule has 96 valence electrons. The summed E-state index contributed by atoms with van der Waals surface area (Å²) in [5.41, 5.74) is 2.54. The van der Waals surface area contributed by atoms with E-state index in [9.17, 15) is 0 Å². The molecule has 0 aliphatic heterocycles. The summed E-state index contributed by atoms with van der Waals surface area (Å²) in [5.74, 6) is 0. The lowest BCUT2D eigenvalue weighted by molar-refractivity contribution is 0.337. The van der Waals surface area contributed by atoms with Gasteiger partial charge < -0.3 is 10.2 Å². The standard InChI is InChI=1S/C15H26N2/c1-4-5-6-11-17(3)12-10-16-15-9-7-8-14(2)13-15/h7-9,13,16H,4-6,10-12H2,1-3H3. The van der Waals surface area contributed by atoms with Crippen molar-refractivity contribution in [1.82, 2.24) is 4.90 Å². The topological polar surface area (TPSA) is 15.3 Å². The van der Waals surface area contributed by atoms with Gasteiger partial charge in [-0.2, -0.15) is 0 Å². The second-order valence-corrected chi connectivity index (χ2v) is 4.81. The van der Waals surface area contributed by atoms with Crippen molar-refractivity contribution in [3.05, 3.63) is 29.8 Å². The first kappa shape index (κ1) is 14.0. The summed E-state index contributed by atoms with van der Waals surface area (Å²) < 4.78 is 0. The summed E-state index contributed by atoms with van der Waals surface area (Å²) in [6.45, 7) is 7.72. The van der Waals surface area contributed by atoms with Gasteiger partial charge in [0.05, 0.1) is 0 Å². The number of nitrogens with one attached hydrogen (secondary N) is 1. The van der Waals surface area contributed by atoms with E-state index in [-0.39, 0.29) is 0 Å². The van der Waals surface area contributed by atoms with E-state index in [1.165, 1.54) is 37.1 Å². The van der Waals surface area contributed by atoms with Crippen molar-refractivity contribution in [2.75, 3.05) is 32.0 Å². The maximum atomic E-state index is 3.47. The Morgan fingerprint density at radius 3 is 2.71 bits per heavy atom. The second kappa shape index (κ2) is 8.13. The predicted octanol–water partition coefficient (Wildman–Crippen LogP) is 3.53. The molecule has 0 fully saturated rings. The molecule has 0 heterocycles. The molecular formula is C15H26N2. The summed E-state index contributed by atoms with van der Waals surface area (Å²) in [5, 5.41) is 3.47. The van der Waals surface area contributed by atoms with Gasteiger partial charge in [-0.3, -0.25) is 0 Å². The Kier molecular flexibility index (Phi) is 6.71. The Bertz CT molecular complexity index is 310. The van der Waals surface area contributed by atoms with Gasteiger partial charge in [0.15, 0.2) is 0 Å². The van der Waals surface area contributed by atoms with Crippen LogP contribution in [0.15, 0.2) is 24.3 Å². The van der Waals surface area contributed by atoms with Crippen LogP contribution in [-0.2, 0) is 0 Å². The highest BCUT2D eigenvalue weighted by molar-refractivity contribution is 5.45. The number of hydrogen-bond donors (Lipinski definition) is 1. The molecule has 17 heavy (non-hydrogen) atoms. The first-order valence-electron chi connectivity index (χ1n) is 6.71. The quantitative estimate of drug-likeness (QED) is 0.692. The van der Waals surface area contributed by atoms with E-state index in [0.717, 1.165) is 13.1 Å². The Morgan fingerprint density at radius 2 is 2.00 bits per heavy atom. The van der Waals surface area contributed by atoms with E-state index in [4.69, 9.17) is 0 Å². The molecule has 1 N–H and O–H groups in total. The lowest BCUT2D eigenvalue weighted by Crippen LogP contribution is -2.26. The second-order valence-electron chi connectivity index (χ2n) is 4.81. The molecular weight excluding hydrogens is 208 g/mol. The SMILES string of the molecule is CCCCCN(C)CCNc1cccc(C)c1. The molecule has 0 amide bonds. The number of aryl methyl sites for hydroxylation is 1. The van der Waals surface area contributed by atoms with Gasteiger partial charge in [-0.25, -0.2) is 0 Å². The minimum Gasteiger partial charge on any atom is -0.384 e. The van der Waals surface area contributed by atoms with Crippen molar-refractivity contribution < 1.29 is 0 Å². The number of benzene rings is 1. The average molecular weight is 234 g/mol. The van der Waals surface area contributed by atoms with Crippen LogP contribution in [0.4, 0.5) is 5.69 Å². The van der Waals surface area contributed by atoms with Gasteiger partial charge in [-0.15, -0.1) is 0 Å². The van der Waals surface area contributed by atoms with Crippen LogP contribution >= 0.6 is 0 Å². The maximum Gasteiger partial charge on any atom is 0.0343 e. The molecule has 1 aromatic carbocycles. The first-order chi connectivity index (χ1) is 8.22. The third kappa shape index (κ3) is 6.32. The van der Waals surface area contributed by atoms with E-state index < -0.39 is 0 Å². The molecule has 0 unspecified atom stereocenters. The van der Waals surface area contributed by atoms with Gasteiger partial charge >= 0.3 is 0 Å². The Hall–Kier alpha value is -1.02. The summed E-state index contributed by atoms with van der Waals surface area (Å²) in [4.78, 5) is 2.40. The van der Waals surface area contributed by atoms with Crippen molar-refractivity contribution >= 4 is 5.69 Å². The van der Waals surface area contributed by atoms with Crippen molar-refractivity contribution in [2.24, 2.45) is 0 Å². The summed E-state index contributed by atoms with van der Waals surface area (Å²) >= 11 is 0. The van der Waals surface area contributed by atoms with Crippen LogP contribution < -0.4 is 5.32 Å². The maximum absolute atomic E-state index is 3.47. The number of nitrogens with zero attached hydrogens (tertiary/aromatic N) is 1. The highest BCUT2D eigenvalue weighted by Crippen LogP contribution is 2.08. The van der Waals surface area contributed by atoms with Gasteiger partial charge in [0.1, 0.15) is 0 Å². The Morgan fingerprint density at radius 1 is 1.18 bits per heavy atom. The lowest BCUT2D eigenvalue weighted by atomic mass is 10.2. The molecule has 1 rings (SSSR count). The molecule has 0 saturated carbocycles. The van der Waals surface area contributed by atoms with Crippen LogP contribution in [-0.4, -0.2) is 31.6 Å². The highest BCUT2D eigenvalue weighted by atomic mass is 15.1. The van der Waals surface area contributed by atoms with Gasteiger partial charge in [0.2, 0.25) is 0 Å². The Labute approximate surface area is 106 Å². The molecule has 0 saturated heterocycles. The molecule has 2 heteroatoms. The van der Waals surface area contributed by atoms with E-state index in [0.29, 0.717) is 0 Å². The van der Waals surface area contributed by atoms with Crippen LogP contribution in [0.1, 0.15) is 31.7 Å². The zero-order valence-corrected chi connectivity index (χ0v) is 11.5. The fourth-order valence-electron chi connectivity index (χ4n) is 1.89. The monoisotopic (exact) mass is 234 g/mol. The van der Waals surface area contributed by atoms with Crippen LogP contribution in [0, 0.1) is 6.92 Å². The largest absolute Gasteiger partial charge is 0.384 e. The number of rotatable bonds is 8. The highest BCUT2D eigenvalue weighted by Gasteiger charge is 1.97. The fourth-order valence-corrected chi connectivity index (χ4v) is 1.89. The van der Waals surface area contributed by atoms with E-state index in [1.807, 2.05) is 0 Å². The number of likely N-dealkylation sites (N-methyl/N-ethyl adjacent to an activating group) is 1. The van der Waals surface area contributed by atoms with Crippen LogP contribution in [0.25, 0.3) is 0 Å². The van der Waals surface area contributed by atoms with Crippen LogP contribution in [0.5, 0.6) is 0 Å². The van der Waals surface area contributed by atoms with Crippen molar-refractivity contribution in [3.8, 4) is 0 Å². The lowest BCUT2D eigenvalue weighted by Gasteiger charge is -2.17. The summed E-state index contributed by atoms with van der Waals surface area (Å²) in [7, 11) is 2.20. The third-order valence-electron chi connectivity index (χ3n) is 2.98. The van der Waals surface area contributed by atoms with E-state index >= 15 is 0 Å². The summed E-state index contributed by atoms with van der Waals surface area (Å²) in [6.07, 6.45) is 3.96. The van der Waals surface area contributed by atoms with Crippen LogP contribution in [0.3, 0.4) is 0 Å². The molecule has 0 aromatic heterocycles. The molecule has 0 radical (unpaired) electrons. The van der Waals surface area contributed by atoms with Crippen molar-refractivity contribution in [1.29, 1.82) is 0 Å². The summed E-state index contributed by atoms with van der Waals surface area (Å²) in [6, 6.07) is 8.55. The molecule has 0 spiro atoms. The smallest absolute Gasteiger partial charge is 0.0343 e. The van der Waals surface area contributed by atoms with Crippen molar-refractivity contribution in [2.45, 2.75) is 33.1 Å². The average Bonchev–Trinajstić information content (AvgIpc) is 2.29. The predicted molar refractivity (Wildman–Crippen MR) is 76.7 cm³/mol. The minimum atomic E-state index is 1.02. The fraction of sp³-hybridized carbons (Fsp3) is 0.600. The van der Waals surface area contributed by atoms with Gasteiger partial charge in [-0.1, -0.05) is 31.9 Å². The molecule has 0 bridgehead atoms. The first-order valence-corrected chi connectivity index (χ1v) is 6.71. The van der Waals surface area contributed by atoms with Gasteiger partial charge in [0.25, 0.3) is 0 Å². The van der Waals surface area contributed by atoms with E-state index in [1.54, 1.807) is 0 Å². The molecule has 0 aliphatic rings. The Balaban J connectivity index is 2.14. The number of unbranched alkanes of at least 4 members (excludes halogenated alkanes) is 2. The number of anilines is 1. The zero-order valence-electron chi connectivity index (χ0n) is 11.5. The van der Waals surface area contributed by atoms with Gasteiger partial charge in [0, 0.05) is 18.8 Å². The van der Waals surface area contributed by atoms with Crippen LogP contribution in [0.2, 0.25) is 0 Å².